The van der Waals surface area contributed by atoms with Crippen molar-refractivity contribution in [3.8, 4) is 0 Å². The molecule has 0 amide bonds. The number of aryl methyl sites for hydroxylation is 1. The van der Waals surface area contributed by atoms with Crippen LogP contribution in [0.5, 0.6) is 0 Å². The fraction of sp³-hybridized carbons (Fsp3) is 0.600. The van der Waals surface area contributed by atoms with Crippen LogP contribution >= 0.6 is 0 Å². The van der Waals surface area contributed by atoms with Crippen LogP contribution in [0.3, 0.4) is 0 Å². The van der Waals surface area contributed by atoms with Crippen LogP contribution in [0.1, 0.15) is 25.3 Å². The van der Waals surface area contributed by atoms with E-state index in [0.717, 1.165) is 25.9 Å². The lowest BCUT2D eigenvalue weighted by atomic mass is 10.1. The average molecular weight is 248 g/mol. The highest BCUT2D eigenvalue weighted by Gasteiger charge is 2.21. The highest BCUT2D eigenvalue weighted by molar-refractivity contribution is 5.48. The zero-order chi connectivity index (χ0) is 13.0. The lowest BCUT2D eigenvalue weighted by Crippen LogP contribution is -2.40. The summed E-state index contributed by atoms with van der Waals surface area (Å²) in [6.07, 6.45) is 1.97. The van der Waals surface area contributed by atoms with Gasteiger partial charge < -0.3 is 15.3 Å². The summed E-state index contributed by atoms with van der Waals surface area (Å²) in [5, 5.41) is 12.7. The van der Waals surface area contributed by atoms with E-state index in [0.29, 0.717) is 12.1 Å². The van der Waals surface area contributed by atoms with Gasteiger partial charge in [-0.25, -0.2) is 0 Å². The van der Waals surface area contributed by atoms with E-state index in [9.17, 15) is 0 Å². The van der Waals surface area contributed by atoms with Gasteiger partial charge in [-0.2, -0.15) is 0 Å². The number of nitrogens with zero attached hydrogens (tertiary/aromatic N) is 1. The summed E-state index contributed by atoms with van der Waals surface area (Å²) in [6, 6.07) is 9.58. The number of hydrogen-bond donors (Lipinski definition) is 2. The Bertz CT molecular complexity index is 381. The zero-order valence-corrected chi connectivity index (χ0v) is 11.4. The van der Waals surface area contributed by atoms with Crippen LogP contribution in [-0.2, 0) is 0 Å². The van der Waals surface area contributed by atoms with Crippen molar-refractivity contribution in [3.05, 3.63) is 29.8 Å². The molecule has 2 N–H and O–H groups in total. The molecule has 0 aliphatic carbocycles. The number of aliphatic hydroxyl groups excluding tert-OH is 1. The number of nitrogens with one attached hydrogen (secondary N) is 1. The first-order chi connectivity index (χ1) is 8.69. The maximum Gasteiger partial charge on any atom is 0.0446 e. The monoisotopic (exact) mass is 248 g/mol. The minimum Gasteiger partial charge on any atom is -0.396 e. The molecule has 1 fully saturated rings. The van der Waals surface area contributed by atoms with E-state index < -0.39 is 0 Å². The Kier molecular flexibility index (Phi) is 4.61. The van der Waals surface area contributed by atoms with Crippen molar-refractivity contribution >= 4 is 5.69 Å². The van der Waals surface area contributed by atoms with Crippen molar-refractivity contribution in [1.29, 1.82) is 0 Å². The molecule has 2 atom stereocenters. The van der Waals surface area contributed by atoms with E-state index in [4.69, 9.17) is 5.11 Å². The first-order valence-corrected chi connectivity index (χ1v) is 6.87. The summed E-state index contributed by atoms with van der Waals surface area (Å²) >= 11 is 0. The average Bonchev–Trinajstić information content (AvgIpc) is 2.52. The van der Waals surface area contributed by atoms with Crippen LogP contribution in [0.2, 0.25) is 0 Å². The van der Waals surface area contributed by atoms with Crippen LogP contribution < -0.4 is 10.2 Å². The van der Waals surface area contributed by atoms with Gasteiger partial charge in [0.05, 0.1) is 0 Å². The Morgan fingerprint density at radius 1 is 1.44 bits per heavy atom. The normalized spacial score (nSPS) is 24.9. The Morgan fingerprint density at radius 3 is 3.00 bits per heavy atom. The van der Waals surface area contributed by atoms with Gasteiger partial charge >= 0.3 is 0 Å². The molecule has 0 bridgehead atoms. The number of benzene rings is 1. The van der Waals surface area contributed by atoms with E-state index in [-0.39, 0.29) is 6.61 Å². The highest BCUT2D eigenvalue weighted by Crippen LogP contribution is 2.19. The molecule has 3 heteroatoms. The molecule has 1 aliphatic rings. The zero-order valence-electron chi connectivity index (χ0n) is 11.4. The second-order valence-corrected chi connectivity index (χ2v) is 5.35. The minimum atomic E-state index is 0.256. The number of anilines is 1. The van der Waals surface area contributed by atoms with Crippen molar-refractivity contribution in [1.82, 2.24) is 5.32 Å². The summed E-state index contributed by atoms with van der Waals surface area (Å²) < 4.78 is 0. The quantitative estimate of drug-likeness (QED) is 0.858. The van der Waals surface area contributed by atoms with Gasteiger partial charge in [0.25, 0.3) is 0 Å². The van der Waals surface area contributed by atoms with Crippen molar-refractivity contribution < 1.29 is 5.11 Å². The van der Waals surface area contributed by atoms with E-state index >= 15 is 0 Å². The molecule has 1 aromatic rings. The summed E-state index contributed by atoms with van der Waals surface area (Å²) in [7, 11) is 0. The smallest absolute Gasteiger partial charge is 0.0446 e. The second-order valence-electron chi connectivity index (χ2n) is 5.35. The Labute approximate surface area is 110 Å². The van der Waals surface area contributed by atoms with Gasteiger partial charge in [-0.1, -0.05) is 12.1 Å². The maximum atomic E-state index is 9.14. The van der Waals surface area contributed by atoms with Gasteiger partial charge in [-0.15, -0.1) is 0 Å². The highest BCUT2D eigenvalue weighted by atomic mass is 16.3. The van der Waals surface area contributed by atoms with E-state index in [2.05, 4.69) is 48.3 Å². The third-order valence-electron chi connectivity index (χ3n) is 3.64. The van der Waals surface area contributed by atoms with Crippen LogP contribution in [0.25, 0.3) is 0 Å². The third kappa shape index (κ3) is 3.47. The maximum absolute atomic E-state index is 9.14. The van der Waals surface area contributed by atoms with Crippen molar-refractivity contribution in [2.45, 2.75) is 38.8 Å². The van der Waals surface area contributed by atoms with Gasteiger partial charge in [-0.3, -0.25) is 0 Å². The van der Waals surface area contributed by atoms with Crippen molar-refractivity contribution in [2.75, 3.05) is 24.6 Å². The van der Waals surface area contributed by atoms with Crippen LogP contribution in [-0.4, -0.2) is 36.9 Å². The number of hydrogen-bond acceptors (Lipinski definition) is 3. The first kappa shape index (κ1) is 13.4. The van der Waals surface area contributed by atoms with Crippen LogP contribution in [0.4, 0.5) is 5.69 Å². The molecule has 0 saturated carbocycles. The van der Waals surface area contributed by atoms with Gasteiger partial charge in [0.2, 0.25) is 0 Å². The molecule has 0 aromatic heterocycles. The van der Waals surface area contributed by atoms with Crippen molar-refractivity contribution in [3.63, 3.8) is 0 Å². The molecule has 0 radical (unpaired) electrons. The summed E-state index contributed by atoms with van der Waals surface area (Å²) in [6.45, 7) is 6.68. The van der Waals surface area contributed by atoms with Crippen molar-refractivity contribution in [2.24, 2.45) is 0 Å². The van der Waals surface area contributed by atoms with E-state index in [1.807, 2.05) is 0 Å². The predicted molar refractivity (Wildman–Crippen MR) is 76.1 cm³/mol. The largest absolute Gasteiger partial charge is 0.396 e. The first-order valence-electron chi connectivity index (χ1n) is 6.87. The standard InChI is InChI=1S/C15H24N2O/c1-12-4-3-5-15(10-12)17-8-6-13(2)16-14(11-17)7-9-18/h3-5,10,13-14,16,18H,6-9,11H2,1-2H3. The number of aliphatic hydroxyl groups is 1. The minimum absolute atomic E-state index is 0.256. The molecule has 3 nitrogen and oxygen atoms in total. The topological polar surface area (TPSA) is 35.5 Å². The molecule has 18 heavy (non-hydrogen) atoms. The SMILES string of the molecule is Cc1cccc(N2CCC(C)NC(CCO)C2)c1. The van der Waals surface area contributed by atoms with Gasteiger partial charge in [-0.05, 0) is 44.4 Å². The summed E-state index contributed by atoms with van der Waals surface area (Å²) in [5.74, 6) is 0. The Balaban J connectivity index is 2.11. The second kappa shape index (κ2) is 6.21. The van der Waals surface area contributed by atoms with E-state index in [1.54, 1.807) is 0 Å². The molecule has 2 rings (SSSR count). The fourth-order valence-corrected chi connectivity index (χ4v) is 2.63. The van der Waals surface area contributed by atoms with E-state index in [1.165, 1.54) is 11.3 Å². The van der Waals surface area contributed by atoms with Crippen LogP contribution in [0, 0.1) is 6.92 Å². The molecule has 1 aliphatic heterocycles. The third-order valence-corrected chi connectivity index (χ3v) is 3.64. The molecule has 1 saturated heterocycles. The molecule has 1 heterocycles. The molecule has 100 valence electrons. The molecule has 1 aromatic carbocycles. The molecular formula is C15H24N2O. The summed E-state index contributed by atoms with van der Waals surface area (Å²) in [5.41, 5.74) is 2.60. The predicted octanol–water partition coefficient (Wildman–Crippen LogP) is 1.93. The summed E-state index contributed by atoms with van der Waals surface area (Å²) in [4.78, 5) is 2.43. The Hall–Kier alpha value is -1.06. The molecule has 0 spiro atoms. The van der Waals surface area contributed by atoms with Gasteiger partial charge in [0.1, 0.15) is 0 Å². The van der Waals surface area contributed by atoms with Gasteiger partial charge in [0.15, 0.2) is 0 Å². The molecular weight excluding hydrogens is 224 g/mol. The lowest BCUT2D eigenvalue weighted by molar-refractivity contribution is 0.263. The lowest BCUT2D eigenvalue weighted by Gasteiger charge is -2.26. The Morgan fingerprint density at radius 2 is 2.28 bits per heavy atom. The number of rotatable bonds is 3. The van der Waals surface area contributed by atoms with Crippen LogP contribution in [0.15, 0.2) is 24.3 Å². The molecule has 2 unspecified atom stereocenters. The fourth-order valence-electron chi connectivity index (χ4n) is 2.63. The van der Waals surface area contributed by atoms with Gasteiger partial charge in [0, 0.05) is 37.5 Å².